The molecule has 0 spiro atoms. The Kier molecular flexibility index (Phi) is 5.75. The first-order chi connectivity index (χ1) is 10.6. The molecule has 0 aliphatic carbocycles. The van der Waals surface area contributed by atoms with Gasteiger partial charge >= 0.3 is 0 Å². The zero-order valence-electron chi connectivity index (χ0n) is 11.7. The summed E-state index contributed by atoms with van der Waals surface area (Å²) in [7, 11) is 0. The Morgan fingerprint density at radius 2 is 2.14 bits per heavy atom. The summed E-state index contributed by atoms with van der Waals surface area (Å²) in [5.41, 5.74) is 3.68. The second kappa shape index (κ2) is 7.77. The van der Waals surface area contributed by atoms with Crippen LogP contribution in [0.3, 0.4) is 0 Å². The van der Waals surface area contributed by atoms with Crippen molar-refractivity contribution in [3.8, 4) is 5.75 Å². The number of hydrogen-bond donors (Lipinski definition) is 1. The van der Waals surface area contributed by atoms with Crippen molar-refractivity contribution in [1.29, 1.82) is 0 Å². The van der Waals surface area contributed by atoms with Gasteiger partial charge in [-0.2, -0.15) is 5.10 Å². The number of carbonyl (C=O) groups excluding carboxylic acids is 1. The highest BCUT2D eigenvalue weighted by atomic mass is 35.5. The fourth-order valence-corrected chi connectivity index (χ4v) is 2.01. The molecular weight excluding hydrogens is 325 g/mol. The van der Waals surface area contributed by atoms with Crippen LogP contribution < -0.4 is 10.2 Å². The monoisotopic (exact) mass is 337 g/mol. The maximum atomic E-state index is 11.7. The van der Waals surface area contributed by atoms with Gasteiger partial charge in [0.25, 0.3) is 5.91 Å². The minimum absolute atomic E-state index is 0.208. The summed E-state index contributed by atoms with van der Waals surface area (Å²) in [5.74, 6) is -0.0204. The van der Waals surface area contributed by atoms with E-state index in [2.05, 4.69) is 15.5 Å². The van der Waals surface area contributed by atoms with E-state index in [1.165, 1.54) is 0 Å². The van der Waals surface area contributed by atoms with E-state index in [0.29, 0.717) is 27.2 Å². The Morgan fingerprint density at radius 1 is 1.32 bits per heavy atom. The Bertz CT molecular complexity index is 690. The van der Waals surface area contributed by atoms with E-state index in [0.717, 1.165) is 0 Å². The molecule has 22 heavy (non-hydrogen) atoms. The van der Waals surface area contributed by atoms with E-state index in [1.807, 2.05) is 6.07 Å². The fourth-order valence-electron chi connectivity index (χ4n) is 1.55. The van der Waals surface area contributed by atoms with Gasteiger partial charge < -0.3 is 4.74 Å². The standard InChI is InChI=1S/C15H13Cl2N3O2/c1-10(13-4-2-3-7-18-13)19-20-15(21)9-22-14-6-5-11(16)8-12(14)17/h2-8H,9H2,1H3,(H,20,21). The molecule has 0 saturated carbocycles. The molecule has 1 N–H and O–H groups in total. The fraction of sp³-hybridized carbons (Fsp3) is 0.133. The quantitative estimate of drug-likeness (QED) is 0.672. The number of hydrogen-bond acceptors (Lipinski definition) is 4. The predicted octanol–water partition coefficient (Wildman–Crippen LogP) is 3.31. The van der Waals surface area contributed by atoms with Crippen molar-refractivity contribution in [2.24, 2.45) is 5.10 Å². The minimum atomic E-state index is -0.402. The molecule has 7 heteroatoms. The van der Waals surface area contributed by atoms with Gasteiger partial charge in [0.05, 0.1) is 16.4 Å². The molecular formula is C15H13Cl2N3O2. The van der Waals surface area contributed by atoms with Crippen LogP contribution in [0.1, 0.15) is 12.6 Å². The van der Waals surface area contributed by atoms with E-state index in [4.69, 9.17) is 27.9 Å². The molecule has 0 saturated heterocycles. The van der Waals surface area contributed by atoms with Crippen molar-refractivity contribution >= 4 is 34.8 Å². The van der Waals surface area contributed by atoms with Crippen LogP contribution in [0.25, 0.3) is 0 Å². The van der Waals surface area contributed by atoms with Crippen molar-refractivity contribution in [3.63, 3.8) is 0 Å². The lowest BCUT2D eigenvalue weighted by Crippen LogP contribution is -2.25. The van der Waals surface area contributed by atoms with Gasteiger partial charge in [-0.1, -0.05) is 29.3 Å². The van der Waals surface area contributed by atoms with E-state index >= 15 is 0 Å². The van der Waals surface area contributed by atoms with Crippen molar-refractivity contribution in [1.82, 2.24) is 10.4 Å². The zero-order valence-corrected chi connectivity index (χ0v) is 13.2. The van der Waals surface area contributed by atoms with Gasteiger partial charge in [-0.25, -0.2) is 5.43 Å². The third kappa shape index (κ3) is 4.72. The third-order valence-corrected chi connectivity index (χ3v) is 3.17. The largest absolute Gasteiger partial charge is 0.482 e. The maximum absolute atomic E-state index is 11.7. The SMILES string of the molecule is CC(=NNC(=O)COc1ccc(Cl)cc1Cl)c1ccccn1. The first kappa shape index (κ1) is 16.3. The first-order valence-corrected chi connectivity index (χ1v) is 7.14. The average molecular weight is 338 g/mol. The van der Waals surface area contributed by atoms with E-state index in [9.17, 15) is 4.79 Å². The van der Waals surface area contributed by atoms with Crippen LogP contribution in [-0.2, 0) is 4.79 Å². The highest BCUT2D eigenvalue weighted by Gasteiger charge is 2.06. The van der Waals surface area contributed by atoms with E-state index < -0.39 is 5.91 Å². The number of hydrazone groups is 1. The van der Waals surface area contributed by atoms with Crippen LogP contribution in [0, 0.1) is 0 Å². The number of ether oxygens (including phenoxy) is 1. The maximum Gasteiger partial charge on any atom is 0.277 e. The molecule has 1 amide bonds. The highest BCUT2D eigenvalue weighted by Crippen LogP contribution is 2.27. The summed E-state index contributed by atoms with van der Waals surface area (Å²) in [4.78, 5) is 15.8. The molecule has 1 aromatic heterocycles. The third-order valence-electron chi connectivity index (χ3n) is 2.64. The first-order valence-electron chi connectivity index (χ1n) is 6.38. The molecule has 114 valence electrons. The second-order valence-corrected chi connectivity index (χ2v) is 5.15. The zero-order chi connectivity index (χ0) is 15.9. The summed E-state index contributed by atoms with van der Waals surface area (Å²) < 4.78 is 5.30. The topological polar surface area (TPSA) is 63.6 Å². The number of benzene rings is 1. The normalized spacial score (nSPS) is 11.1. The number of nitrogens with one attached hydrogen (secondary N) is 1. The predicted molar refractivity (Wildman–Crippen MR) is 86.5 cm³/mol. The Morgan fingerprint density at radius 3 is 2.82 bits per heavy atom. The second-order valence-electron chi connectivity index (χ2n) is 4.31. The van der Waals surface area contributed by atoms with Crippen LogP contribution in [0.4, 0.5) is 0 Å². The summed E-state index contributed by atoms with van der Waals surface area (Å²) >= 11 is 11.7. The van der Waals surface area contributed by atoms with Crippen LogP contribution in [0.5, 0.6) is 5.75 Å². The van der Waals surface area contributed by atoms with Crippen LogP contribution >= 0.6 is 23.2 Å². The number of amides is 1. The molecule has 0 radical (unpaired) electrons. The van der Waals surface area contributed by atoms with Crippen LogP contribution in [0.2, 0.25) is 10.0 Å². The summed E-state index contributed by atoms with van der Waals surface area (Å²) in [5, 5.41) is 4.80. The lowest BCUT2D eigenvalue weighted by molar-refractivity contribution is -0.123. The van der Waals surface area contributed by atoms with Gasteiger partial charge in [-0.15, -0.1) is 0 Å². The molecule has 0 bridgehead atoms. The van der Waals surface area contributed by atoms with E-state index in [-0.39, 0.29) is 6.61 Å². The molecule has 1 heterocycles. The van der Waals surface area contributed by atoms with Crippen molar-refractivity contribution in [3.05, 3.63) is 58.3 Å². The Balaban J connectivity index is 1.88. The molecule has 5 nitrogen and oxygen atoms in total. The van der Waals surface area contributed by atoms with Crippen molar-refractivity contribution < 1.29 is 9.53 Å². The summed E-state index contributed by atoms with van der Waals surface area (Å²) in [6.07, 6.45) is 1.65. The number of pyridine rings is 1. The number of aromatic nitrogens is 1. The molecule has 0 fully saturated rings. The molecule has 0 atom stereocenters. The molecule has 0 aliphatic rings. The number of halogens is 2. The van der Waals surface area contributed by atoms with Gasteiger partial charge in [-0.3, -0.25) is 9.78 Å². The summed E-state index contributed by atoms with van der Waals surface area (Å²) in [6, 6.07) is 10.2. The number of carbonyl (C=O) groups is 1. The average Bonchev–Trinajstić information content (AvgIpc) is 2.52. The van der Waals surface area contributed by atoms with E-state index in [1.54, 1.807) is 43.5 Å². The Hall–Kier alpha value is -2.11. The van der Waals surface area contributed by atoms with Gasteiger partial charge in [0.2, 0.25) is 0 Å². The van der Waals surface area contributed by atoms with Crippen LogP contribution in [0.15, 0.2) is 47.7 Å². The van der Waals surface area contributed by atoms with Crippen molar-refractivity contribution in [2.75, 3.05) is 6.61 Å². The molecule has 2 aromatic rings. The van der Waals surface area contributed by atoms with Gasteiger partial charge in [-0.05, 0) is 37.3 Å². The van der Waals surface area contributed by atoms with Crippen LogP contribution in [-0.4, -0.2) is 23.2 Å². The summed E-state index contributed by atoms with van der Waals surface area (Å²) in [6.45, 7) is 1.54. The van der Waals surface area contributed by atoms with Gasteiger partial charge in [0.1, 0.15) is 5.75 Å². The van der Waals surface area contributed by atoms with Gasteiger partial charge in [0.15, 0.2) is 6.61 Å². The Labute approximate surface area is 137 Å². The van der Waals surface area contributed by atoms with Crippen molar-refractivity contribution in [2.45, 2.75) is 6.92 Å². The molecule has 0 unspecified atom stereocenters. The highest BCUT2D eigenvalue weighted by molar-refractivity contribution is 6.35. The van der Waals surface area contributed by atoms with Gasteiger partial charge in [0, 0.05) is 11.2 Å². The number of rotatable bonds is 5. The minimum Gasteiger partial charge on any atom is -0.482 e. The molecule has 2 rings (SSSR count). The molecule has 0 aliphatic heterocycles. The number of nitrogens with zero attached hydrogens (tertiary/aromatic N) is 2. The smallest absolute Gasteiger partial charge is 0.277 e. The molecule has 1 aromatic carbocycles. The lowest BCUT2D eigenvalue weighted by Gasteiger charge is -2.07. The lowest BCUT2D eigenvalue weighted by atomic mass is 10.3.